The Morgan fingerprint density at radius 3 is 2.45 bits per heavy atom. The van der Waals surface area contributed by atoms with Crippen LogP contribution in [0.4, 0.5) is 0 Å². The zero-order valence-electron chi connectivity index (χ0n) is 11.6. The summed E-state index contributed by atoms with van der Waals surface area (Å²) in [5, 5.41) is 1.22. The van der Waals surface area contributed by atoms with E-state index in [1.54, 1.807) is 7.11 Å². The first-order chi connectivity index (χ1) is 9.76. The molecule has 3 aromatic rings. The van der Waals surface area contributed by atoms with Gasteiger partial charge >= 0.3 is 0 Å². The quantitative estimate of drug-likeness (QED) is 0.773. The summed E-state index contributed by atoms with van der Waals surface area (Å²) in [6.45, 7) is 2.63. The van der Waals surface area contributed by atoms with E-state index in [9.17, 15) is 0 Å². The summed E-state index contributed by atoms with van der Waals surface area (Å²) in [5.41, 5.74) is 3.50. The summed E-state index contributed by atoms with van der Waals surface area (Å²) in [6.07, 6.45) is 0. The Balaban J connectivity index is 1.74. The molecule has 0 radical (unpaired) electrons. The molecule has 0 atom stereocenters. The molecule has 1 aromatic heterocycles. The van der Waals surface area contributed by atoms with Gasteiger partial charge in [-0.1, -0.05) is 18.2 Å². The number of benzene rings is 2. The van der Waals surface area contributed by atoms with Gasteiger partial charge in [-0.15, -0.1) is 0 Å². The second-order valence-corrected chi connectivity index (χ2v) is 4.80. The van der Waals surface area contributed by atoms with Gasteiger partial charge in [-0.2, -0.15) is 0 Å². The number of fused-ring (bicyclic) bond motifs is 1. The van der Waals surface area contributed by atoms with Gasteiger partial charge in [-0.05, 0) is 42.8 Å². The van der Waals surface area contributed by atoms with Crippen LogP contribution in [-0.4, -0.2) is 12.1 Å². The monoisotopic (exact) mass is 267 g/mol. The van der Waals surface area contributed by atoms with Gasteiger partial charge in [0.05, 0.1) is 12.8 Å². The molecular formula is C17H17NO2. The average Bonchev–Trinajstić information content (AvgIpc) is 2.90. The Bertz CT molecular complexity index is 713. The summed E-state index contributed by atoms with van der Waals surface area (Å²) in [7, 11) is 1.66. The van der Waals surface area contributed by atoms with Crippen LogP contribution in [0.25, 0.3) is 10.9 Å². The van der Waals surface area contributed by atoms with Crippen LogP contribution in [0, 0.1) is 6.92 Å². The number of H-pyrrole nitrogens is 1. The van der Waals surface area contributed by atoms with Crippen molar-refractivity contribution in [1.82, 2.24) is 4.98 Å². The molecule has 0 aliphatic carbocycles. The zero-order valence-corrected chi connectivity index (χ0v) is 11.6. The van der Waals surface area contributed by atoms with Gasteiger partial charge < -0.3 is 14.5 Å². The second kappa shape index (κ2) is 5.29. The normalized spacial score (nSPS) is 10.7. The maximum Gasteiger partial charge on any atom is 0.128 e. The molecule has 0 unspecified atom stereocenters. The molecule has 0 bridgehead atoms. The Labute approximate surface area is 118 Å². The molecule has 1 N–H and O–H groups in total. The first kappa shape index (κ1) is 12.6. The Morgan fingerprint density at radius 2 is 1.75 bits per heavy atom. The molecule has 0 saturated carbocycles. The van der Waals surface area contributed by atoms with E-state index in [-0.39, 0.29) is 0 Å². The number of hydrogen-bond acceptors (Lipinski definition) is 2. The number of methoxy groups -OCH3 is 1. The van der Waals surface area contributed by atoms with Crippen LogP contribution < -0.4 is 9.47 Å². The van der Waals surface area contributed by atoms with Crippen molar-refractivity contribution in [2.24, 2.45) is 0 Å². The molecule has 1 heterocycles. The van der Waals surface area contributed by atoms with E-state index in [0.717, 1.165) is 17.2 Å². The van der Waals surface area contributed by atoms with Gasteiger partial charge in [-0.3, -0.25) is 0 Å². The maximum atomic E-state index is 5.77. The van der Waals surface area contributed by atoms with Crippen molar-refractivity contribution < 1.29 is 9.47 Å². The lowest BCUT2D eigenvalue weighted by atomic mass is 10.2. The highest BCUT2D eigenvalue weighted by Gasteiger charge is 2.03. The number of rotatable bonds is 4. The van der Waals surface area contributed by atoms with Crippen molar-refractivity contribution >= 4 is 10.9 Å². The van der Waals surface area contributed by atoms with E-state index in [4.69, 9.17) is 9.47 Å². The van der Waals surface area contributed by atoms with Gasteiger partial charge in [0.2, 0.25) is 0 Å². The highest BCUT2D eigenvalue weighted by Crippen LogP contribution is 2.21. The van der Waals surface area contributed by atoms with Gasteiger partial charge in [0, 0.05) is 10.9 Å². The number of aromatic amines is 1. The largest absolute Gasteiger partial charge is 0.497 e. The van der Waals surface area contributed by atoms with E-state index in [2.05, 4.69) is 36.2 Å². The third kappa shape index (κ3) is 2.48. The van der Waals surface area contributed by atoms with Gasteiger partial charge in [0.1, 0.15) is 18.1 Å². The minimum atomic E-state index is 0.528. The third-order valence-corrected chi connectivity index (χ3v) is 3.37. The van der Waals surface area contributed by atoms with Gasteiger partial charge in [0.25, 0.3) is 0 Å². The van der Waals surface area contributed by atoms with E-state index in [1.165, 1.54) is 16.5 Å². The van der Waals surface area contributed by atoms with E-state index >= 15 is 0 Å². The molecule has 3 nitrogen and oxygen atoms in total. The zero-order chi connectivity index (χ0) is 13.9. The van der Waals surface area contributed by atoms with Crippen LogP contribution in [0.1, 0.15) is 11.3 Å². The molecule has 0 saturated heterocycles. The minimum Gasteiger partial charge on any atom is -0.497 e. The summed E-state index contributed by atoms with van der Waals surface area (Å²) in [6, 6.07) is 16.0. The summed E-state index contributed by atoms with van der Waals surface area (Å²) in [5.74, 6) is 1.67. The smallest absolute Gasteiger partial charge is 0.128 e. The molecular weight excluding hydrogens is 250 g/mol. The number of aromatic nitrogens is 1. The summed E-state index contributed by atoms with van der Waals surface area (Å²) < 4.78 is 10.9. The fourth-order valence-corrected chi connectivity index (χ4v) is 2.28. The van der Waals surface area contributed by atoms with Crippen LogP contribution in [-0.2, 0) is 6.61 Å². The minimum absolute atomic E-state index is 0.528. The number of para-hydroxylation sites is 1. The molecule has 3 rings (SSSR count). The van der Waals surface area contributed by atoms with Crippen molar-refractivity contribution in [3.63, 3.8) is 0 Å². The highest BCUT2D eigenvalue weighted by atomic mass is 16.5. The Morgan fingerprint density at radius 1 is 1.00 bits per heavy atom. The van der Waals surface area contributed by atoms with Gasteiger partial charge in [0.15, 0.2) is 0 Å². The van der Waals surface area contributed by atoms with Crippen LogP contribution in [0.5, 0.6) is 11.5 Å². The lowest BCUT2D eigenvalue weighted by molar-refractivity contribution is 0.301. The predicted molar refractivity (Wildman–Crippen MR) is 80.4 cm³/mol. The molecule has 20 heavy (non-hydrogen) atoms. The van der Waals surface area contributed by atoms with E-state index in [0.29, 0.717) is 6.61 Å². The molecule has 0 aliphatic rings. The summed E-state index contributed by atoms with van der Waals surface area (Å²) in [4.78, 5) is 3.41. The van der Waals surface area contributed by atoms with E-state index in [1.807, 2.05) is 24.3 Å². The van der Waals surface area contributed by atoms with Crippen LogP contribution in [0.3, 0.4) is 0 Å². The SMILES string of the molecule is COc1ccc(OCc2cc3cccc(C)c3[nH]2)cc1. The fraction of sp³-hybridized carbons (Fsp3) is 0.176. The molecule has 0 spiro atoms. The molecule has 102 valence electrons. The number of hydrogen-bond donors (Lipinski definition) is 1. The number of aryl methyl sites for hydroxylation is 1. The molecule has 2 aromatic carbocycles. The van der Waals surface area contributed by atoms with Crippen LogP contribution in [0.2, 0.25) is 0 Å². The standard InChI is InChI=1S/C17H17NO2/c1-12-4-3-5-13-10-14(18-17(12)13)11-20-16-8-6-15(19-2)7-9-16/h3-10,18H,11H2,1-2H3. The molecule has 0 fully saturated rings. The van der Waals surface area contributed by atoms with E-state index < -0.39 is 0 Å². The van der Waals surface area contributed by atoms with Crippen molar-refractivity contribution in [1.29, 1.82) is 0 Å². The third-order valence-electron chi connectivity index (χ3n) is 3.37. The highest BCUT2D eigenvalue weighted by molar-refractivity contribution is 5.83. The first-order valence-electron chi connectivity index (χ1n) is 6.60. The van der Waals surface area contributed by atoms with Crippen molar-refractivity contribution in [2.45, 2.75) is 13.5 Å². The van der Waals surface area contributed by atoms with Gasteiger partial charge in [-0.25, -0.2) is 0 Å². The maximum absolute atomic E-state index is 5.77. The first-order valence-corrected chi connectivity index (χ1v) is 6.60. The number of ether oxygens (including phenoxy) is 2. The van der Waals surface area contributed by atoms with Crippen molar-refractivity contribution in [3.05, 3.63) is 59.8 Å². The second-order valence-electron chi connectivity index (χ2n) is 4.80. The average molecular weight is 267 g/mol. The fourth-order valence-electron chi connectivity index (χ4n) is 2.28. The molecule has 0 aliphatic heterocycles. The Kier molecular flexibility index (Phi) is 3.33. The van der Waals surface area contributed by atoms with Crippen molar-refractivity contribution in [2.75, 3.05) is 7.11 Å². The van der Waals surface area contributed by atoms with Crippen LogP contribution in [0.15, 0.2) is 48.5 Å². The topological polar surface area (TPSA) is 34.2 Å². The summed E-state index contributed by atoms with van der Waals surface area (Å²) >= 11 is 0. The predicted octanol–water partition coefficient (Wildman–Crippen LogP) is 4.06. The van der Waals surface area contributed by atoms with Crippen molar-refractivity contribution in [3.8, 4) is 11.5 Å². The lowest BCUT2D eigenvalue weighted by Crippen LogP contribution is -1.95. The molecule has 3 heteroatoms. The Hall–Kier alpha value is -2.42. The molecule has 0 amide bonds. The number of nitrogens with one attached hydrogen (secondary N) is 1. The van der Waals surface area contributed by atoms with Crippen LogP contribution >= 0.6 is 0 Å². The lowest BCUT2D eigenvalue weighted by Gasteiger charge is -2.05.